The third kappa shape index (κ3) is 4.06. The molecule has 0 amide bonds. The molecule has 0 unspecified atom stereocenters. The van der Waals surface area contributed by atoms with Gasteiger partial charge in [-0.2, -0.15) is 0 Å². The SMILES string of the molecule is CCOC(=O)CCN(C)Cc1cc(=O)n(C)c(=O)n1C. The predicted molar refractivity (Wildman–Crippen MR) is 74.5 cm³/mol. The molecule has 1 rings (SSSR count). The van der Waals surface area contributed by atoms with E-state index in [1.807, 2.05) is 11.9 Å². The highest BCUT2D eigenvalue weighted by molar-refractivity contribution is 5.69. The molecule has 0 fully saturated rings. The molecule has 0 aliphatic carbocycles. The van der Waals surface area contributed by atoms with Gasteiger partial charge in [-0.3, -0.25) is 18.7 Å². The average Bonchev–Trinajstić information content (AvgIpc) is 2.40. The summed E-state index contributed by atoms with van der Waals surface area (Å²) in [6, 6.07) is 1.43. The number of hydrogen-bond acceptors (Lipinski definition) is 5. The molecule has 0 atom stereocenters. The molecule has 1 aromatic heterocycles. The summed E-state index contributed by atoms with van der Waals surface area (Å²) in [5.41, 5.74) is -0.0716. The van der Waals surface area contributed by atoms with E-state index < -0.39 is 0 Å². The van der Waals surface area contributed by atoms with Gasteiger partial charge in [0.15, 0.2) is 0 Å². The fourth-order valence-corrected chi connectivity index (χ4v) is 1.80. The van der Waals surface area contributed by atoms with E-state index in [0.29, 0.717) is 25.4 Å². The Morgan fingerprint density at radius 1 is 1.30 bits per heavy atom. The number of carbonyl (C=O) groups excluding carboxylic acids is 1. The van der Waals surface area contributed by atoms with Crippen molar-refractivity contribution in [2.24, 2.45) is 14.1 Å². The minimum atomic E-state index is -0.355. The van der Waals surface area contributed by atoms with Crippen molar-refractivity contribution in [3.05, 3.63) is 32.6 Å². The van der Waals surface area contributed by atoms with Gasteiger partial charge in [-0.25, -0.2) is 4.79 Å². The maximum absolute atomic E-state index is 11.8. The highest BCUT2D eigenvalue weighted by atomic mass is 16.5. The van der Waals surface area contributed by atoms with E-state index in [-0.39, 0.29) is 23.6 Å². The fourth-order valence-electron chi connectivity index (χ4n) is 1.80. The van der Waals surface area contributed by atoms with Crippen LogP contribution in [-0.4, -0.2) is 40.2 Å². The van der Waals surface area contributed by atoms with E-state index in [1.165, 1.54) is 17.7 Å². The zero-order valence-electron chi connectivity index (χ0n) is 12.4. The number of aromatic nitrogens is 2. The minimum Gasteiger partial charge on any atom is -0.466 e. The second-order valence-corrected chi connectivity index (χ2v) is 4.67. The third-order valence-electron chi connectivity index (χ3n) is 3.06. The Balaban J connectivity index is 2.72. The van der Waals surface area contributed by atoms with E-state index in [9.17, 15) is 14.4 Å². The molecule has 0 aliphatic heterocycles. The lowest BCUT2D eigenvalue weighted by molar-refractivity contribution is -0.143. The molecule has 0 radical (unpaired) electrons. The second kappa shape index (κ2) is 7.04. The Labute approximate surface area is 117 Å². The average molecular weight is 283 g/mol. The first-order chi connectivity index (χ1) is 9.36. The lowest BCUT2D eigenvalue weighted by atomic mass is 10.3. The van der Waals surface area contributed by atoms with Gasteiger partial charge in [-0.05, 0) is 14.0 Å². The Hall–Kier alpha value is -1.89. The molecule has 0 aliphatic rings. The van der Waals surface area contributed by atoms with Crippen molar-refractivity contribution in [3.8, 4) is 0 Å². The van der Waals surface area contributed by atoms with Crippen molar-refractivity contribution in [2.45, 2.75) is 19.9 Å². The number of ether oxygens (including phenoxy) is 1. The largest absolute Gasteiger partial charge is 0.466 e. The smallest absolute Gasteiger partial charge is 0.330 e. The summed E-state index contributed by atoms with van der Waals surface area (Å²) in [5.74, 6) is -0.253. The van der Waals surface area contributed by atoms with E-state index >= 15 is 0 Å². The summed E-state index contributed by atoms with van der Waals surface area (Å²) < 4.78 is 7.34. The third-order valence-corrected chi connectivity index (χ3v) is 3.06. The zero-order valence-corrected chi connectivity index (χ0v) is 12.4. The minimum absolute atomic E-state index is 0.253. The zero-order chi connectivity index (χ0) is 15.3. The van der Waals surface area contributed by atoms with Crippen molar-refractivity contribution < 1.29 is 9.53 Å². The highest BCUT2D eigenvalue weighted by Gasteiger charge is 2.10. The number of rotatable bonds is 6. The van der Waals surface area contributed by atoms with Gasteiger partial charge in [0.1, 0.15) is 0 Å². The van der Waals surface area contributed by atoms with Gasteiger partial charge in [0.05, 0.1) is 13.0 Å². The van der Waals surface area contributed by atoms with Gasteiger partial charge in [0, 0.05) is 38.9 Å². The molecule has 0 aromatic carbocycles. The van der Waals surface area contributed by atoms with Crippen LogP contribution in [-0.2, 0) is 30.2 Å². The van der Waals surface area contributed by atoms with E-state index in [0.717, 1.165) is 4.57 Å². The Kier molecular flexibility index (Phi) is 5.69. The topological polar surface area (TPSA) is 73.5 Å². The molecule has 0 saturated heterocycles. The summed E-state index contributed by atoms with van der Waals surface area (Å²) >= 11 is 0. The summed E-state index contributed by atoms with van der Waals surface area (Å²) in [6.45, 7) is 3.05. The van der Waals surface area contributed by atoms with Crippen molar-refractivity contribution >= 4 is 5.97 Å². The Morgan fingerprint density at radius 2 is 1.95 bits per heavy atom. The fraction of sp³-hybridized carbons (Fsp3) is 0.615. The number of carbonyl (C=O) groups is 1. The van der Waals surface area contributed by atoms with Crippen LogP contribution in [0.4, 0.5) is 0 Å². The molecular formula is C13H21N3O4. The van der Waals surface area contributed by atoms with Gasteiger partial charge in [-0.1, -0.05) is 0 Å². The maximum atomic E-state index is 11.8. The lowest BCUT2D eigenvalue weighted by Gasteiger charge is -2.18. The molecule has 20 heavy (non-hydrogen) atoms. The molecule has 112 valence electrons. The van der Waals surface area contributed by atoms with E-state index in [1.54, 1.807) is 14.0 Å². The van der Waals surface area contributed by atoms with Gasteiger partial charge in [0.2, 0.25) is 0 Å². The van der Waals surface area contributed by atoms with Gasteiger partial charge >= 0.3 is 11.7 Å². The standard InChI is InChI=1S/C13H21N3O4/c1-5-20-12(18)6-7-14(2)9-10-8-11(17)16(4)13(19)15(10)3/h8H,5-7,9H2,1-4H3. The maximum Gasteiger partial charge on any atom is 0.330 e. The number of esters is 1. The van der Waals surface area contributed by atoms with Crippen LogP contribution in [0.15, 0.2) is 15.7 Å². The summed E-state index contributed by atoms with van der Waals surface area (Å²) in [5, 5.41) is 0. The van der Waals surface area contributed by atoms with Crippen molar-refractivity contribution in [2.75, 3.05) is 20.2 Å². The summed E-state index contributed by atoms with van der Waals surface area (Å²) in [4.78, 5) is 36.5. The van der Waals surface area contributed by atoms with E-state index in [2.05, 4.69) is 0 Å². The molecule has 0 bridgehead atoms. The van der Waals surface area contributed by atoms with E-state index in [4.69, 9.17) is 4.74 Å². The summed E-state index contributed by atoms with van der Waals surface area (Å²) in [7, 11) is 4.89. The highest BCUT2D eigenvalue weighted by Crippen LogP contribution is 1.99. The van der Waals surface area contributed by atoms with Crippen molar-refractivity contribution in [3.63, 3.8) is 0 Å². The van der Waals surface area contributed by atoms with Crippen molar-refractivity contribution in [1.29, 1.82) is 0 Å². The molecule has 0 spiro atoms. The molecular weight excluding hydrogens is 262 g/mol. The van der Waals surface area contributed by atoms with Crippen LogP contribution in [0, 0.1) is 0 Å². The first-order valence-corrected chi connectivity index (χ1v) is 6.47. The van der Waals surface area contributed by atoms with Crippen LogP contribution in [0.25, 0.3) is 0 Å². The normalized spacial score (nSPS) is 10.8. The van der Waals surface area contributed by atoms with Crippen LogP contribution in [0.3, 0.4) is 0 Å². The molecule has 1 aromatic rings. The number of hydrogen-bond donors (Lipinski definition) is 0. The van der Waals surface area contributed by atoms with Gasteiger partial charge in [-0.15, -0.1) is 0 Å². The molecule has 7 heteroatoms. The molecule has 0 N–H and O–H groups in total. The van der Waals surface area contributed by atoms with Crippen molar-refractivity contribution in [1.82, 2.24) is 14.0 Å². The van der Waals surface area contributed by atoms with Crippen LogP contribution in [0.5, 0.6) is 0 Å². The quantitative estimate of drug-likeness (QED) is 0.656. The van der Waals surface area contributed by atoms with Gasteiger partial charge < -0.3 is 9.64 Å². The molecule has 1 heterocycles. The van der Waals surface area contributed by atoms with Gasteiger partial charge in [0.25, 0.3) is 5.56 Å². The Morgan fingerprint density at radius 3 is 2.55 bits per heavy atom. The summed E-state index contributed by atoms with van der Waals surface area (Å²) in [6.07, 6.45) is 0.281. The molecule has 7 nitrogen and oxygen atoms in total. The monoisotopic (exact) mass is 283 g/mol. The van der Waals surface area contributed by atoms with Crippen LogP contribution in [0.2, 0.25) is 0 Å². The lowest BCUT2D eigenvalue weighted by Crippen LogP contribution is -2.39. The second-order valence-electron chi connectivity index (χ2n) is 4.67. The molecule has 0 saturated carbocycles. The van der Waals surface area contributed by atoms with Crippen LogP contribution < -0.4 is 11.2 Å². The predicted octanol–water partition coefficient (Wildman–Crippen LogP) is -0.531. The first-order valence-electron chi connectivity index (χ1n) is 6.47. The first kappa shape index (κ1) is 16.2. The van der Waals surface area contributed by atoms with Crippen LogP contribution >= 0.6 is 0 Å². The Bertz CT molecular complexity index is 588. The number of nitrogens with zero attached hydrogens (tertiary/aromatic N) is 3. The van der Waals surface area contributed by atoms with Crippen LogP contribution in [0.1, 0.15) is 19.0 Å².